The molecule has 2 rings (SSSR count). The maximum absolute atomic E-state index is 4.39. The number of hydrogen-bond acceptors (Lipinski definition) is 4. The van der Waals surface area contributed by atoms with Crippen molar-refractivity contribution in [3.05, 3.63) is 11.6 Å². The number of nitrogens with one attached hydrogen (secondary N) is 1. The molecule has 4 heteroatoms. The molecule has 78 valence electrons. The Morgan fingerprint density at radius 1 is 1.57 bits per heavy atom. The lowest BCUT2D eigenvalue weighted by molar-refractivity contribution is 0.433. The average Bonchev–Trinajstić information content (AvgIpc) is 2.74. The summed E-state index contributed by atoms with van der Waals surface area (Å²) in [6.45, 7) is 5.57. The number of nitrogens with zero attached hydrogens (tertiary/aromatic N) is 2. The lowest BCUT2D eigenvalue weighted by Gasteiger charge is -2.33. The third-order valence-corrected chi connectivity index (χ3v) is 3.56. The topological polar surface area (TPSA) is 28.2 Å². The van der Waals surface area contributed by atoms with E-state index in [9.17, 15) is 0 Å². The first kappa shape index (κ1) is 9.93. The standard InChI is InChI=1S/C10H17N3S/c1-2-13(10-12-7-8-14-10)9-3-5-11-6-4-9/h7-9,11H,2-6H2,1H3. The van der Waals surface area contributed by atoms with E-state index < -0.39 is 0 Å². The molecular weight excluding hydrogens is 194 g/mol. The first-order valence-corrected chi connectivity index (χ1v) is 6.16. The van der Waals surface area contributed by atoms with Gasteiger partial charge in [-0.2, -0.15) is 0 Å². The van der Waals surface area contributed by atoms with E-state index in [1.54, 1.807) is 11.3 Å². The van der Waals surface area contributed by atoms with Gasteiger partial charge in [0.15, 0.2) is 5.13 Å². The molecule has 1 aliphatic rings. The molecule has 14 heavy (non-hydrogen) atoms. The number of anilines is 1. The average molecular weight is 211 g/mol. The summed E-state index contributed by atoms with van der Waals surface area (Å²) in [5, 5.41) is 6.63. The van der Waals surface area contributed by atoms with Crippen LogP contribution in [0.1, 0.15) is 19.8 Å². The van der Waals surface area contributed by atoms with Gasteiger partial charge in [0.2, 0.25) is 0 Å². The number of thiazole rings is 1. The summed E-state index contributed by atoms with van der Waals surface area (Å²) in [7, 11) is 0. The van der Waals surface area contributed by atoms with Crippen molar-refractivity contribution in [3.8, 4) is 0 Å². The minimum atomic E-state index is 0.687. The maximum Gasteiger partial charge on any atom is 0.185 e. The molecule has 1 N–H and O–H groups in total. The fraction of sp³-hybridized carbons (Fsp3) is 0.700. The van der Waals surface area contributed by atoms with Gasteiger partial charge in [-0.1, -0.05) is 0 Å². The second-order valence-corrected chi connectivity index (χ2v) is 4.45. The van der Waals surface area contributed by atoms with E-state index >= 15 is 0 Å². The molecule has 0 aromatic carbocycles. The first-order valence-electron chi connectivity index (χ1n) is 5.28. The smallest absolute Gasteiger partial charge is 0.185 e. The van der Waals surface area contributed by atoms with Crippen LogP contribution < -0.4 is 10.2 Å². The molecule has 0 spiro atoms. The fourth-order valence-corrected chi connectivity index (χ4v) is 2.80. The Balaban J connectivity index is 2.04. The van der Waals surface area contributed by atoms with E-state index in [0.717, 1.165) is 19.6 Å². The van der Waals surface area contributed by atoms with Gasteiger partial charge in [0.25, 0.3) is 0 Å². The Morgan fingerprint density at radius 2 is 2.36 bits per heavy atom. The summed E-state index contributed by atoms with van der Waals surface area (Å²) in [5.74, 6) is 0. The third kappa shape index (κ3) is 2.07. The molecule has 0 saturated carbocycles. The van der Waals surface area contributed by atoms with Gasteiger partial charge < -0.3 is 10.2 Å². The minimum absolute atomic E-state index is 0.687. The van der Waals surface area contributed by atoms with Crippen LogP contribution in [-0.2, 0) is 0 Å². The highest BCUT2D eigenvalue weighted by molar-refractivity contribution is 7.13. The normalized spacial score (nSPS) is 18.4. The second kappa shape index (κ2) is 4.75. The van der Waals surface area contributed by atoms with E-state index in [2.05, 4.69) is 27.5 Å². The molecule has 0 aliphatic carbocycles. The van der Waals surface area contributed by atoms with Crippen LogP contribution >= 0.6 is 11.3 Å². The molecule has 0 atom stereocenters. The highest BCUT2D eigenvalue weighted by Gasteiger charge is 2.21. The van der Waals surface area contributed by atoms with E-state index in [1.807, 2.05) is 6.20 Å². The Hall–Kier alpha value is -0.610. The molecule has 0 amide bonds. The Kier molecular flexibility index (Phi) is 3.37. The molecule has 2 heterocycles. The van der Waals surface area contributed by atoms with Gasteiger partial charge >= 0.3 is 0 Å². The van der Waals surface area contributed by atoms with Crippen LogP contribution in [0, 0.1) is 0 Å². The van der Waals surface area contributed by atoms with E-state index in [0.29, 0.717) is 6.04 Å². The fourth-order valence-electron chi connectivity index (χ4n) is 2.03. The monoisotopic (exact) mass is 211 g/mol. The Bertz CT molecular complexity index is 254. The number of rotatable bonds is 3. The van der Waals surface area contributed by atoms with Crippen molar-refractivity contribution >= 4 is 16.5 Å². The van der Waals surface area contributed by atoms with Crippen LogP contribution in [0.5, 0.6) is 0 Å². The zero-order valence-corrected chi connectivity index (χ0v) is 9.39. The highest BCUT2D eigenvalue weighted by Crippen LogP contribution is 2.23. The summed E-state index contributed by atoms with van der Waals surface area (Å²) in [6, 6.07) is 0.687. The van der Waals surface area contributed by atoms with Crippen molar-refractivity contribution in [3.63, 3.8) is 0 Å². The number of piperidine rings is 1. The van der Waals surface area contributed by atoms with Crippen molar-refractivity contribution in [2.24, 2.45) is 0 Å². The SMILES string of the molecule is CCN(c1nccs1)C1CCNCC1. The van der Waals surface area contributed by atoms with Gasteiger partial charge in [-0.25, -0.2) is 4.98 Å². The van der Waals surface area contributed by atoms with E-state index in [4.69, 9.17) is 0 Å². The largest absolute Gasteiger partial charge is 0.345 e. The van der Waals surface area contributed by atoms with Crippen molar-refractivity contribution < 1.29 is 0 Å². The van der Waals surface area contributed by atoms with Crippen LogP contribution in [0.25, 0.3) is 0 Å². The summed E-state index contributed by atoms with van der Waals surface area (Å²) >= 11 is 1.74. The van der Waals surface area contributed by atoms with Crippen molar-refractivity contribution in [1.82, 2.24) is 10.3 Å². The molecule has 1 aromatic heterocycles. The second-order valence-electron chi connectivity index (χ2n) is 3.58. The zero-order chi connectivity index (χ0) is 9.80. The molecule has 1 aliphatic heterocycles. The predicted molar refractivity (Wildman–Crippen MR) is 61.0 cm³/mol. The quantitative estimate of drug-likeness (QED) is 0.825. The Labute approximate surface area is 89.1 Å². The van der Waals surface area contributed by atoms with Gasteiger partial charge in [-0.3, -0.25) is 0 Å². The number of aromatic nitrogens is 1. The molecule has 1 fully saturated rings. The molecule has 0 unspecified atom stereocenters. The van der Waals surface area contributed by atoms with Crippen LogP contribution in [0.4, 0.5) is 5.13 Å². The third-order valence-electron chi connectivity index (χ3n) is 2.76. The van der Waals surface area contributed by atoms with Crippen molar-refractivity contribution in [2.45, 2.75) is 25.8 Å². The predicted octanol–water partition coefficient (Wildman–Crippen LogP) is 1.72. The molecule has 3 nitrogen and oxygen atoms in total. The van der Waals surface area contributed by atoms with Gasteiger partial charge in [0.1, 0.15) is 0 Å². The minimum Gasteiger partial charge on any atom is -0.345 e. The summed E-state index contributed by atoms with van der Waals surface area (Å²) in [5.41, 5.74) is 0. The van der Waals surface area contributed by atoms with Crippen LogP contribution in [0.2, 0.25) is 0 Å². The van der Waals surface area contributed by atoms with E-state index in [1.165, 1.54) is 18.0 Å². The van der Waals surface area contributed by atoms with Crippen LogP contribution in [-0.4, -0.2) is 30.7 Å². The summed E-state index contributed by atoms with van der Waals surface area (Å²) < 4.78 is 0. The summed E-state index contributed by atoms with van der Waals surface area (Å²) in [4.78, 5) is 6.82. The molecule has 1 saturated heterocycles. The van der Waals surface area contributed by atoms with Gasteiger partial charge in [0.05, 0.1) is 0 Å². The van der Waals surface area contributed by atoms with Gasteiger partial charge in [0, 0.05) is 24.2 Å². The molecule has 1 aromatic rings. The summed E-state index contributed by atoms with van der Waals surface area (Å²) in [6.07, 6.45) is 4.38. The molecular formula is C10H17N3S. The lowest BCUT2D eigenvalue weighted by atomic mass is 10.1. The Morgan fingerprint density at radius 3 is 2.93 bits per heavy atom. The molecule has 0 bridgehead atoms. The molecule has 0 radical (unpaired) electrons. The first-order chi connectivity index (χ1) is 6.92. The maximum atomic E-state index is 4.39. The van der Waals surface area contributed by atoms with Crippen LogP contribution in [0.3, 0.4) is 0 Å². The van der Waals surface area contributed by atoms with Crippen molar-refractivity contribution in [2.75, 3.05) is 24.5 Å². The zero-order valence-electron chi connectivity index (χ0n) is 8.57. The van der Waals surface area contributed by atoms with E-state index in [-0.39, 0.29) is 0 Å². The van der Waals surface area contributed by atoms with Crippen molar-refractivity contribution in [1.29, 1.82) is 0 Å². The highest BCUT2D eigenvalue weighted by atomic mass is 32.1. The number of hydrogen-bond donors (Lipinski definition) is 1. The van der Waals surface area contributed by atoms with Gasteiger partial charge in [-0.05, 0) is 32.9 Å². The van der Waals surface area contributed by atoms with Gasteiger partial charge in [-0.15, -0.1) is 11.3 Å². The van der Waals surface area contributed by atoms with Crippen LogP contribution in [0.15, 0.2) is 11.6 Å². The lowest BCUT2D eigenvalue weighted by Crippen LogP contribution is -2.43.